The summed E-state index contributed by atoms with van der Waals surface area (Å²) >= 11 is 0. The molecule has 0 bridgehead atoms. The molecule has 1 saturated carbocycles. The highest BCUT2D eigenvalue weighted by Crippen LogP contribution is 2.52. The van der Waals surface area contributed by atoms with Gasteiger partial charge in [-0.1, -0.05) is 60.7 Å². The van der Waals surface area contributed by atoms with Crippen LogP contribution < -0.4 is 0 Å². The van der Waals surface area contributed by atoms with Gasteiger partial charge in [-0.25, -0.2) is 0 Å². The van der Waals surface area contributed by atoms with Gasteiger partial charge in [0.15, 0.2) is 0 Å². The molecule has 0 aromatic heterocycles. The second-order valence-corrected chi connectivity index (χ2v) is 7.27. The van der Waals surface area contributed by atoms with Gasteiger partial charge in [0, 0.05) is 10.8 Å². The maximum Gasteiger partial charge on any atom is 0.0702 e. The first kappa shape index (κ1) is 17.2. The van der Waals surface area contributed by atoms with Crippen LogP contribution in [0.2, 0.25) is 0 Å². The Morgan fingerprint density at radius 2 is 1.08 bits per heavy atom. The summed E-state index contributed by atoms with van der Waals surface area (Å²) in [6, 6.07) is 20.0. The van der Waals surface area contributed by atoms with Gasteiger partial charge < -0.3 is 15.3 Å². The number of hydrogen-bond acceptors (Lipinski definition) is 3. The van der Waals surface area contributed by atoms with Crippen molar-refractivity contribution < 1.29 is 15.3 Å². The maximum atomic E-state index is 11.2. The Balaban J connectivity index is 1.86. The van der Waals surface area contributed by atoms with Crippen molar-refractivity contribution in [2.45, 2.75) is 31.8 Å². The minimum atomic E-state index is -0.736. The summed E-state index contributed by atoms with van der Waals surface area (Å²) in [4.78, 5) is 0. The van der Waals surface area contributed by atoms with E-state index < -0.39 is 16.9 Å². The first-order chi connectivity index (χ1) is 11.6. The molecule has 3 heteroatoms. The van der Waals surface area contributed by atoms with E-state index in [1.807, 2.05) is 60.7 Å². The minimum absolute atomic E-state index is 0.0698. The van der Waals surface area contributed by atoms with Gasteiger partial charge in [-0.2, -0.15) is 0 Å². The zero-order chi connectivity index (χ0) is 17.0. The average molecular weight is 326 g/mol. The molecule has 2 atom stereocenters. The van der Waals surface area contributed by atoms with E-state index in [1.165, 1.54) is 0 Å². The number of benzene rings is 2. The fourth-order valence-corrected chi connectivity index (χ4v) is 4.24. The fraction of sp³-hybridized carbons (Fsp3) is 0.429. The minimum Gasteiger partial charge on any atom is -0.396 e. The largest absolute Gasteiger partial charge is 0.396 e. The summed E-state index contributed by atoms with van der Waals surface area (Å²) in [6.07, 6.45) is 1.95. The van der Waals surface area contributed by atoms with Crippen LogP contribution in [0.25, 0.3) is 0 Å². The molecule has 3 nitrogen and oxygen atoms in total. The monoisotopic (exact) mass is 326 g/mol. The van der Waals surface area contributed by atoms with Crippen LogP contribution in [0.15, 0.2) is 60.7 Å². The van der Waals surface area contributed by atoms with Crippen molar-refractivity contribution in [2.24, 2.45) is 10.8 Å². The van der Waals surface area contributed by atoms with Gasteiger partial charge in [0.25, 0.3) is 0 Å². The SMILES string of the molecule is OC[C@]1(Cc2ccccc2)CC[C@](CO)(Cc2ccccc2)C1O. The third-order valence-corrected chi connectivity index (χ3v) is 5.71. The lowest BCUT2D eigenvalue weighted by Gasteiger charge is -2.38. The quantitative estimate of drug-likeness (QED) is 0.765. The highest BCUT2D eigenvalue weighted by atomic mass is 16.3. The molecule has 0 saturated heterocycles. The molecule has 128 valence electrons. The number of aliphatic hydroxyl groups is 3. The second kappa shape index (κ2) is 7.06. The Morgan fingerprint density at radius 1 is 0.708 bits per heavy atom. The molecule has 0 heterocycles. The molecular formula is C21H26O3. The van der Waals surface area contributed by atoms with Crippen molar-refractivity contribution in [3.05, 3.63) is 71.8 Å². The van der Waals surface area contributed by atoms with Crippen LogP contribution in [0, 0.1) is 10.8 Å². The third-order valence-electron chi connectivity index (χ3n) is 5.71. The second-order valence-electron chi connectivity index (χ2n) is 7.27. The van der Waals surface area contributed by atoms with E-state index in [0.717, 1.165) is 11.1 Å². The molecule has 2 aromatic rings. The highest BCUT2D eigenvalue weighted by Gasteiger charge is 2.55. The molecule has 3 rings (SSSR count). The number of rotatable bonds is 6. The van der Waals surface area contributed by atoms with Crippen molar-refractivity contribution >= 4 is 0 Å². The molecule has 1 fully saturated rings. The molecular weight excluding hydrogens is 300 g/mol. The van der Waals surface area contributed by atoms with Crippen molar-refractivity contribution in [3.63, 3.8) is 0 Å². The van der Waals surface area contributed by atoms with Crippen LogP contribution in [0.5, 0.6) is 0 Å². The lowest BCUT2D eigenvalue weighted by atomic mass is 9.71. The molecule has 1 aliphatic carbocycles. The van der Waals surface area contributed by atoms with E-state index in [1.54, 1.807) is 0 Å². The molecule has 0 unspecified atom stereocenters. The van der Waals surface area contributed by atoms with E-state index in [-0.39, 0.29) is 13.2 Å². The van der Waals surface area contributed by atoms with Crippen LogP contribution in [-0.2, 0) is 12.8 Å². The summed E-state index contributed by atoms with van der Waals surface area (Å²) in [5, 5.41) is 31.4. The lowest BCUT2D eigenvalue weighted by Crippen LogP contribution is -2.46. The molecule has 0 aliphatic heterocycles. The van der Waals surface area contributed by atoms with E-state index >= 15 is 0 Å². The molecule has 2 aromatic carbocycles. The molecule has 1 aliphatic rings. The van der Waals surface area contributed by atoms with Gasteiger partial charge in [-0.05, 0) is 36.8 Å². The Morgan fingerprint density at radius 3 is 1.42 bits per heavy atom. The van der Waals surface area contributed by atoms with E-state index in [9.17, 15) is 15.3 Å². The summed E-state index contributed by atoms with van der Waals surface area (Å²) in [5.41, 5.74) is 1.05. The average Bonchev–Trinajstić information content (AvgIpc) is 2.90. The van der Waals surface area contributed by atoms with Gasteiger partial charge in [0.2, 0.25) is 0 Å². The summed E-state index contributed by atoms with van der Waals surface area (Å²) < 4.78 is 0. The van der Waals surface area contributed by atoms with Crippen molar-refractivity contribution in [1.29, 1.82) is 0 Å². The number of hydrogen-bond donors (Lipinski definition) is 3. The predicted molar refractivity (Wildman–Crippen MR) is 94.6 cm³/mol. The molecule has 24 heavy (non-hydrogen) atoms. The Kier molecular flexibility index (Phi) is 5.04. The Bertz CT molecular complexity index is 585. The summed E-state index contributed by atoms with van der Waals surface area (Å²) in [7, 11) is 0. The lowest BCUT2D eigenvalue weighted by molar-refractivity contribution is -0.0685. The zero-order valence-corrected chi connectivity index (χ0v) is 13.9. The predicted octanol–water partition coefficient (Wildman–Crippen LogP) is 2.58. The topological polar surface area (TPSA) is 60.7 Å². The molecule has 3 N–H and O–H groups in total. The third kappa shape index (κ3) is 3.12. The van der Waals surface area contributed by atoms with E-state index in [4.69, 9.17) is 0 Å². The Labute approximate surface area is 143 Å². The van der Waals surface area contributed by atoms with E-state index in [2.05, 4.69) is 0 Å². The van der Waals surface area contributed by atoms with Crippen LogP contribution in [0.3, 0.4) is 0 Å². The van der Waals surface area contributed by atoms with Crippen LogP contribution in [-0.4, -0.2) is 34.6 Å². The normalized spacial score (nSPS) is 27.5. The number of aliphatic hydroxyl groups excluding tert-OH is 3. The molecule has 0 spiro atoms. The zero-order valence-electron chi connectivity index (χ0n) is 13.9. The highest BCUT2D eigenvalue weighted by molar-refractivity contribution is 5.22. The van der Waals surface area contributed by atoms with Crippen LogP contribution in [0.1, 0.15) is 24.0 Å². The summed E-state index contributed by atoms with van der Waals surface area (Å²) in [6.45, 7) is -0.140. The van der Waals surface area contributed by atoms with Crippen molar-refractivity contribution in [2.75, 3.05) is 13.2 Å². The standard InChI is InChI=1S/C21H26O3/c22-15-20(13-17-7-3-1-4-8-17)11-12-21(16-23,19(20)24)14-18-9-5-2-6-10-18/h1-10,19,22-24H,11-16H2/t20-,21-/m1/s1. The van der Waals surface area contributed by atoms with Crippen molar-refractivity contribution in [3.8, 4) is 0 Å². The Hall–Kier alpha value is -1.68. The van der Waals surface area contributed by atoms with Gasteiger partial charge in [0.1, 0.15) is 0 Å². The van der Waals surface area contributed by atoms with E-state index in [0.29, 0.717) is 25.7 Å². The van der Waals surface area contributed by atoms with Crippen LogP contribution in [0.4, 0.5) is 0 Å². The maximum absolute atomic E-state index is 11.2. The van der Waals surface area contributed by atoms with Gasteiger partial charge in [0.05, 0.1) is 19.3 Å². The fourth-order valence-electron chi connectivity index (χ4n) is 4.24. The van der Waals surface area contributed by atoms with Gasteiger partial charge in [-0.3, -0.25) is 0 Å². The van der Waals surface area contributed by atoms with Gasteiger partial charge >= 0.3 is 0 Å². The smallest absolute Gasteiger partial charge is 0.0702 e. The molecule has 0 radical (unpaired) electrons. The van der Waals surface area contributed by atoms with Crippen LogP contribution >= 0.6 is 0 Å². The van der Waals surface area contributed by atoms with Gasteiger partial charge in [-0.15, -0.1) is 0 Å². The first-order valence-electron chi connectivity index (χ1n) is 8.62. The first-order valence-corrected chi connectivity index (χ1v) is 8.62. The summed E-state index contributed by atoms with van der Waals surface area (Å²) in [5.74, 6) is 0. The molecule has 0 amide bonds. The van der Waals surface area contributed by atoms with Crippen molar-refractivity contribution in [1.82, 2.24) is 0 Å².